The van der Waals surface area contributed by atoms with Gasteiger partial charge in [0.05, 0.1) is 26.6 Å². The highest BCUT2D eigenvalue weighted by molar-refractivity contribution is 5.81. The fourth-order valence-electron chi connectivity index (χ4n) is 2.22. The molecule has 0 spiro atoms. The summed E-state index contributed by atoms with van der Waals surface area (Å²) in [6.07, 6.45) is 3.23. The van der Waals surface area contributed by atoms with Gasteiger partial charge in [0.2, 0.25) is 0 Å². The van der Waals surface area contributed by atoms with Crippen LogP contribution in [-0.2, 0) is 0 Å². The van der Waals surface area contributed by atoms with Crippen molar-refractivity contribution in [2.24, 2.45) is 10.2 Å². The van der Waals surface area contributed by atoms with Gasteiger partial charge in [-0.3, -0.25) is 0 Å². The molecule has 0 amide bonds. The van der Waals surface area contributed by atoms with Crippen molar-refractivity contribution in [2.45, 2.75) is 0 Å². The van der Waals surface area contributed by atoms with E-state index in [9.17, 15) is 0 Å². The number of hydrogen-bond donors (Lipinski definition) is 3. The number of aromatic nitrogens is 3. The molecule has 0 radical (unpaired) electrons. The number of hydrogen-bond acceptors (Lipinski definition) is 9. The molecule has 0 aliphatic rings. The number of nitrogens with two attached hydrogens (primary N) is 1. The van der Waals surface area contributed by atoms with Crippen LogP contribution in [0.4, 0.5) is 11.9 Å². The summed E-state index contributed by atoms with van der Waals surface area (Å²) < 4.78 is 11.5. The van der Waals surface area contributed by atoms with Crippen LogP contribution in [0.5, 0.6) is 11.5 Å². The molecular weight excluding hydrogens is 360 g/mol. The highest BCUT2D eigenvalue weighted by Gasteiger charge is 2.07. The number of ether oxygens (including phenoxy) is 2. The molecule has 144 valence electrons. The summed E-state index contributed by atoms with van der Waals surface area (Å²) in [5.74, 6) is 7.91. The van der Waals surface area contributed by atoms with E-state index in [4.69, 9.17) is 15.3 Å². The van der Waals surface area contributed by atoms with Crippen molar-refractivity contribution in [3.8, 4) is 11.5 Å². The lowest BCUT2D eigenvalue weighted by molar-refractivity contribution is 0.414. The highest BCUT2D eigenvalue weighted by atomic mass is 16.5. The first-order valence-corrected chi connectivity index (χ1v) is 8.26. The molecule has 10 nitrogen and oxygen atoms in total. The van der Waals surface area contributed by atoms with Crippen LogP contribution < -0.4 is 26.2 Å². The van der Waals surface area contributed by atoms with Crippen molar-refractivity contribution >= 4 is 24.3 Å². The summed E-state index contributed by atoms with van der Waals surface area (Å²) >= 11 is 0. The van der Waals surface area contributed by atoms with Gasteiger partial charge >= 0.3 is 0 Å². The minimum Gasteiger partial charge on any atom is -0.497 e. The zero-order chi connectivity index (χ0) is 19.8. The van der Waals surface area contributed by atoms with Crippen LogP contribution in [0.15, 0.2) is 58.7 Å². The Labute approximate surface area is 161 Å². The zero-order valence-corrected chi connectivity index (χ0v) is 15.4. The Kier molecular flexibility index (Phi) is 6.03. The predicted octanol–water partition coefficient (Wildman–Crippen LogP) is 1.90. The second-order valence-electron chi connectivity index (χ2n) is 5.51. The molecule has 28 heavy (non-hydrogen) atoms. The second kappa shape index (κ2) is 9.03. The average Bonchev–Trinajstić information content (AvgIpc) is 3.08. The summed E-state index contributed by atoms with van der Waals surface area (Å²) in [6.45, 7) is 0. The van der Waals surface area contributed by atoms with Crippen LogP contribution in [0.1, 0.15) is 11.1 Å². The van der Waals surface area contributed by atoms with Crippen LogP contribution in [0, 0.1) is 0 Å². The van der Waals surface area contributed by atoms with Crippen LogP contribution in [0.2, 0.25) is 0 Å². The zero-order valence-electron chi connectivity index (χ0n) is 15.4. The molecule has 10 heteroatoms. The number of nitrogens with one attached hydrogen (secondary N) is 2. The van der Waals surface area contributed by atoms with Crippen molar-refractivity contribution in [2.75, 3.05) is 30.9 Å². The maximum Gasteiger partial charge on any atom is 0.265 e. The predicted molar refractivity (Wildman–Crippen MR) is 109 cm³/mol. The number of rotatable bonds is 8. The van der Waals surface area contributed by atoms with E-state index in [0.717, 1.165) is 22.6 Å². The smallest absolute Gasteiger partial charge is 0.265 e. The van der Waals surface area contributed by atoms with Gasteiger partial charge in [0, 0.05) is 0 Å². The van der Waals surface area contributed by atoms with E-state index >= 15 is 0 Å². The molecule has 4 N–H and O–H groups in total. The topological polar surface area (TPSA) is 124 Å². The van der Waals surface area contributed by atoms with E-state index in [2.05, 4.69) is 31.3 Å². The molecular formula is C18H20N8O2. The number of methoxy groups -OCH3 is 2. The van der Waals surface area contributed by atoms with Crippen molar-refractivity contribution in [3.63, 3.8) is 0 Å². The maximum absolute atomic E-state index is 5.93. The third kappa shape index (κ3) is 4.75. The maximum atomic E-state index is 5.93. The normalized spacial score (nSPS) is 11.1. The average molecular weight is 380 g/mol. The van der Waals surface area contributed by atoms with Crippen molar-refractivity contribution in [3.05, 3.63) is 59.7 Å². The standard InChI is InChI=1S/C18H20N8O2/c1-27-15-7-3-5-13(9-15)11-20-22-17-24-25-18(26(17)19)23-21-12-14-6-4-8-16(10-14)28-2/h3-12H,19H2,1-2H3,(H,22,24)(H,23,25)/b20-11-,21-12-. The van der Waals surface area contributed by atoms with Gasteiger partial charge in [-0.2, -0.15) is 14.9 Å². The fraction of sp³-hybridized carbons (Fsp3) is 0.111. The Hall–Kier alpha value is -4.08. The lowest BCUT2D eigenvalue weighted by atomic mass is 10.2. The monoisotopic (exact) mass is 380 g/mol. The Balaban J connectivity index is 1.60. The quantitative estimate of drug-likeness (QED) is 0.310. The first kappa shape index (κ1) is 18.7. The SMILES string of the molecule is COc1cccc(/C=N\Nc2nnc(N/N=C\c3cccc(OC)c3)n2N)c1. The van der Waals surface area contributed by atoms with Crippen LogP contribution in [-0.4, -0.2) is 41.5 Å². The van der Waals surface area contributed by atoms with Crippen molar-refractivity contribution < 1.29 is 9.47 Å². The first-order chi connectivity index (χ1) is 13.7. The van der Waals surface area contributed by atoms with Crippen molar-refractivity contribution in [1.82, 2.24) is 14.9 Å². The van der Waals surface area contributed by atoms with E-state index in [1.165, 1.54) is 4.68 Å². The summed E-state index contributed by atoms with van der Waals surface area (Å²) in [5.41, 5.74) is 7.17. The lowest BCUT2D eigenvalue weighted by Gasteiger charge is -2.03. The number of anilines is 2. The molecule has 0 aliphatic carbocycles. The Bertz CT molecular complexity index is 906. The van der Waals surface area contributed by atoms with Crippen LogP contribution in [0.25, 0.3) is 0 Å². The van der Waals surface area contributed by atoms with Crippen LogP contribution >= 0.6 is 0 Å². The minimum absolute atomic E-state index is 0.248. The van der Waals surface area contributed by atoms with Gasteiger partial charge in [0.25, 0.3) is 11.9 Å². The largest absolute Gasteiger partial charge is 0.497 e. The Morgan fingerprint density at radius 2 is 1.32 bits per heavy atom. The molecule has 0 bridgehead atoms. The summed E-state index contributed by atoms with van der Waals surface area (Å²) in [5, 5.41) is 16.0. The molecule has 3 rings (SSSR count). The van der Waals surface area contributed by atoms with Gasteiger partial charge in [-0.25, -0.2) is 10.9 Å². The molecule has 1 heterocycles. The first-order valence-electron chi connectivity index (χ1n) is 8.26. The van der Waals surface area contributed by atoms with E-state index in [1.54, 1.807) is 26.6 Å². The number of nitrogens with zero attached hydrogens (tertiary/aromatic N) is 5. The second-order valence-corrected chi connectivity index (χ2v) is 5.51. The van der Waals surface area contributed by atoms with E-state index in [1.807, 2.05) is 48.5 Å². The molecule has 2 aromatic carbocycles. The molecule has 0 unspecified atom stereocenters. The van der Waals surface area contributed by atoms with Gasteiger partial charge in [-0.1, -0.05) is 24.3 Å². The van der Waals surface area contributed by atoms with Gasteiger partial charge in [-0.15, -0.1) is 10.2 Å². The lowest BCUT2D eigenvalue weighted by Crippen LogP contribution is -2.14. The molecule has 0 fully saturated rings. The fourth-order valence-corrected chi connectivity index (χ4v) is 2.22. The Morgan fingerprint density at radius 3 is 1.75 bits per heavy atom. The van der Waals surface area contributed by atoms with Gasteiger partial charge < -0.3 is 15.3 Å². The van der Waals surface area contributed by atoms with Crippen molar-refractivity contribution in [1.29, 1.82) is 0 Å². The third-order valence-corrected chi connectivity index (χ3v) is 3.64. The van der Waals surface area contributed by atoms with Gasteiger partial charge in [0.15, 0.2) is 0 Å². The van der Waals surface area contributed by atoms with Gasteiger partial charge in [-0.05, 0) is 35.4 Å². The molecule has 0 saturated heterocycles. The van der Waals surface area contributed by atoms with E-state index < -0.39 is 0 Å². The summed E-state index contributed by atoms with van der Waals surface area (Å²) in [6, 6.07) is 14.9. The Morgan fingerprint density at radius 1 is 0.857 bits per heavy atom. The highest BCUT2D eigenvalue weighted by Crippen LogP contribution is 2.12. The minimum atomic E-state index is 0.248. The summed E-state index contributed by atoms with van der Waals surface area (Å²) in [7, 11) is 3.22. The van der Waals surface area contributed by atoms with E-state index in [-0.39, 0.29) is 11.9 Å². The van der Waals surface area contributed by atoms with Crippen LogP contribution in [0.3, 0.4) is 0 Å². The molecule has 1 aromatic heterocycles. The molecule has 0 aliphatic heterocycles. The molecule has 0 saturated carbocycles. The number of nitrogen functional groups attached to an aromatic ring is 1. The van der Waals surface area contributed by atoms with E-state index in [0.29, 0.717) is 0 Å². The summed E-state index contributed by atoms with van der Waals surface area (Å²) in [4.78, 5) is 0. The number of benzene rings is 2. The molecule has 3 aromatic rings. The number of hydrazone groups is 2. The molecule has 0 atom stereocenters. The van der Waals surface area contributed by atoms with Gasteiger partial charge in [0.1, 0.15) is 11.5 Å². The third-order valence-electron chi connectivity index (χ3n) is 3.64.